The van der Waals surface area contributed by atoms with Crippen LogP contribution in [-0.4, -0.2) is 30.1 Å². The first-order chi connectivity index (χ1) is 8.47. The van der Waals surface area contributed by atoms with Crippen molar-refractivity contribution in [2.45, 2.75) is 33.2 Å². The van der Waals surface area contributed by atoms with E-state index in [0.717, 1.165) is 5.69 Å². The van der Waals surface area contributed by atoms with Crippen molar-refractivity contribution in [2.24, 2.45) is 0 Å². The minimum atomic E-state index is -0.408. The highest BCUT2D eigenvalue weighted by atomic mass is 19.1. The van der Waals surface area contributed by atoms with Crippen molar-refractivity contribution >= 4 is 11.5 Å². The largest absolute Gasteiger partial charge is 0.396 e. The molecule has 0 amide bonds. The van der Waals surface area contributed by atoms with Crippen molar-refractivity contribution in [3.05, 3.63) is 29.6 Å². The van der Waals surface area contributed by atoms with Crippen molar-refractivity contribution in [3.8, 4) is 0 Å². The van der Waals surface area contributed by atoms with Crippen LogP contribution < -0.4 is 4.90 Å². The molecular formula is C14H20FNO2. The van der Waals surface area contributed by atoms with Crippen LogP contribution in [-0.2, 0) is 0 Å². The van der Waals surface area contributed by atoms with Crippen molar-refractivity contribution in [1.82, 2.24) is 0 Å². The summed E-state index contributed by atoms with van der Waals surface area (Å²) in [6, 6.07) is 4.44. The first kappa shape index (κ1) is 14.6. The van der Waals surface area contributed by atoms with Crippen LogP contribution >= 0.6 is 0 Å². The SMILES string of the molecule is CC(=O)c1cc(F)ccc1N(CCCO)C(C)C. The van der Waals surface area contributed by atoms with Crippen molar-refractivity contribution in [1.29, 1.82) is 0 Å². The van der Waals surface area contributed by atoms with Gasteiger partial charge in [-0.3, -0.25) is 4.79 Å². The van der Waals surface area contributed by atoms with Crippen LogP contribution in [0.15, 0.2) is 18.2 Å². The fourth-order valence-electron chi connectivity index (χ4n) is 1.94. The topological polar surface area (TPSA) is 40.5 Å². The molecule has 18 heavy (non-hydrogen) atoms. The second-order valence-electron chi connectivity index (χ2n) is 4.58. The lowest BCUT2D eigenvalue weighted by Gasteiger charge is -2.30. The van der Waals surface area contributed by atoms with Gasteiger partial charge in [0.05, 0.1) is 0 Å². The maximum Gasteiger partial charge on any atom is 0.161 e. The molecule has 0 radical (unpaired) electrons. The van der Waals surface area contributed by atoms with Crippen LogP contribution in [0.25, 0.3) is 0 Å². The molecule has 0 heterocycles. The monoisotopic (exact) mass is 253 g/mol. The lowest BCUT2D eigenvalue weighted by atomic mass is 10.1. The highest BCUT2D eigenvalue weighted by molar-refractivity contribution is 5.99. The normalized spacial score (nSPS) is 10.8. The zero-order chi connectivity index (χ0) is 13.7. The highest BCUT2D eigenvalue weighted by Crippen LogP contribution is 2.24. The third kappa shape index (κ3) is 3.53. The van der Waals surface area contributed by atoms with E-state index in [-0.39, 0.29) is 18.4 Å². The summed E-state index contributed by atoms with van der Waals surface area (Å²) in [5.74, 6) is -0.561. The maximum absolute atomic E-state index is 13.2. The predicted molar refractivity (Wildman–Crippen MR) is 70.6 cm³/mol. The minimum absolute atomic E-state index is 0.0970. The van der Waals surface area contributed by atoms with Crippen LogP contribution in [0.2, 0.25) is 0 Å². The zero-order valence-corrected chi connectivity index (χ0v) is 11.1. The third-order valence-electron chi connectivity index (χ3n) is 2.83. The predicted octanol–water partition coefficient (Wildman–Crippen LogP) is 2.63. The van der Waals surface area contributed by atoms with E-state index in [9.17, 15) is 9.18 Å². The summed E-state index contributed by atoms with van der Waals surface area (Å²) in [6.07, 6.45) is 0.618. The number of hydrogen-bond donors (Lipinski definition) is 1. The van der Waals surface area contributed by atoms with E-state index in [4.69, 9.17) is 5.11 Å². The number of aliphatic hydroxyl groups excluding tert-OH is 1. The van der Waals surface area contributed by atoms with Crippen molar-refractivity contribution in [3.63, 3.8) is 0 Å². The number of carbonyl (C=O) groups is 1. The van der Waals surface area contributed by atoms with Gasteiger partial charge in [0.1, 0.15) is 5.82 Å². The van der Waals surface area contributed by atoms with Gasteiger partial charge in [0.2, 0.25) is 0 Å². The fraction of sp³-hybridized carbons (Fsp3) is 0.500. The van der Waals surface area contributed by atoms with Gasteiger partial charge in [-0.15, -0.1) is 0 Å². The summed E-state index contributed by atoms with van der Waals surface area (Å²) < 4.78 is 13.2. The number of aliphatic hydroxyl groups is 1. The van der Waals surface area contributed by atoms with Gasteiger partial charge >= 0.3 is 0 Å². The maximum atomic E-state index is 13.2. The number of halogens is 1. The molecule has 0 saturated carbocycles. The molecule has 0 aliphatic carbocycles. The van der Waals surface area contributed by atoms with Crippen molar-refractivity contribution in [2.75, 3.05) is 18.1 Å². The summed E-state index contributed by atoms with van der Waals surface area (Å²) in [5, 5.41) is 8.91. The Labute approximate surface area is 107 Å². The second-order valence-corrected chi connectivity index (χ2v) is 4.58. The Morgan fingerprint density at radius 1 is 1.44 bits per heavy atom. The molecule has 1 aromatic carbocycles. The van der Waals surface area contributed by atoms with E-state index in [0.29, 0.717) is 18.5 Å². The number of hydrogen-bond acceptors (Lipinski definition) is 3. The van der Waals surface area contributed by atoms with Gasteiger partial charge in [-0.25, -0.2) is 4.39 Å². The van der Waals surface area contributed by atoms with Crippen LogP contribution in [0, 0.1) is 5.82 Å². The summed E-state index contributed by atoms with van der Waals surface area (Å²) >= 11 is 0. The van der Waals surface area contributed by atoms with E-state index in [1.807, 2.05) is 18.7 Å². The molecule has 4 heteroatoms. The molecule has 0 fully saturated rings. The molecule has 0 unspecified atom stereocenters. The first-order valence-electron chi connectivity index (χ1n) is 6.15. The number of nitrogens with zero attached hydrogens (tertiary/aromatic N) is 1. The number of carbonyl (C=O) groups excluding carboxylic acids is 1. The third-order valence-corrected chi connectivity index (χ3v) is 2.83. The Balaban J connectivity index is 3.14. The molecule has 1 aromatic rings. The lowest BCUT2D eigenvalue weighted by molar-refractivity contribution is 0.101. The van der Waals surface area contributed by atoms with Gasteiger partial charge in [0.25, 0.3) is 0 Å². The minimum Gasteiger partial charge on any atom is -0.396 e. The van der Waals surface area contributed by atoms with Gasteiger partial charge in [0.15, 0.2) is 5.78 Å². The zero-order valence-electron chi connectivity index (χ0n) is 11.1. The number of rotatable bonds is 6. The molecule has 0 atom stereocenters. The van der Waals surface area contributed by atoms with Crippen LogP contribution in [0.3, 0.4) is 0 Å². The molecule has 100 valence electrons. The average Bonchev–Trinajstić information content (AvgIpc) is 2.30. The van der Waals surface area contributed by atoms with Crippen LogP contribution in [0.5, 0.6) is 0 Å². The lowest BCUT2D eigenvalue weighted by Crippen LogP contribution is -2.33. The number of Topliss-reactive ketones (excluding diaryl/α,β-unsaturated/α-hetero) is 1. The molecule has 1 N–H and O–H groups in total. The van der Waals surface area contributed by atoms with E-state index in [2.05, 4.69) is 0 Å². The summed E-state index contributed by atoms with van der Waals surface area (Å²) in [7, 11) is 0. The van der Waals surface area contributed by atoms with Crippen LogP contribution in [0.1, 0.15) is 37.6 Å². The fourth-order valence-corrected chi connectivity index (χ4v) is 1.94. The Kier molecular flexibility index (Phi) is 5.28. The van der Waals surface area contributed by atoms with Gasteiger partial charge in [-0.05, 0) is 45.4 Å². The first-order valence-corrected chi connectivity index (χ1v) is 6.15. The number of anilines is 1. The van der Waals surface area contributed by atoms with Crippen molar-refractivity contribution < 1.29 is 14.3 Å². The average molecular weight is 253 g/mol. The van der Waals surface area contributed by atoms with Gasteiger partial charge in [-0.1, -0.05) is 0 Å². The Bertz CT molecular complexity index is 418. The number of ketones is 1. The van der Waals surface area contributed by atoms with E-state index < -0.39 is 5.82 Å². The van der Waals surface area contributed by atoms with E-state index in [1.165, 1.54) is 19.1 Å². The molecule has 0 aliphatic rings. The quantitative estimate of drug-likeness (QED) is 0.792. The smallest absolute Gasteiger partial charge is 0.161 e. The Morgan fingerprint density at radius 2 is 2.11 bits per heavy atom. The van der Waals surface area contributed by atoms with E-state index in [1.54, 1.807) is 6.07 Å². The van der Waals surface area contributed by atoms with Gasteiger partial charge < -0.3 is 10.0 Å². The standard InChI is InChI=1S/C14H20FNO2/c1-10(2)16(7-4-8-17)14-6-5-12(15)9-13(14)11(3)18/h5-6,9-10,17H,4,7-8H2,1-3H3. The Hall–Kier alpha value is -1.42. The molecule has 0 aliphatic heterocycles. The molecule has 0 aromatic heterocycles. The summed E-state index contributed by atoms with van der Waals surface area (Å²) in [5.41, 5.74) is 1.12. The number of benzene rings is 1. The molecule has 3 nitrogen and oxygen atoms in total. The molecule has 1 rings (SSSR count). The molecule has 0 bridgehead atoms. The summed E-state index contributed by atoms with van der Waals surface area (Å²) in [6.45, 7) is 6.18. The second kappa shape index (κ2) is 6.50. The molecule has 0 saturated heterocycles. The molecule has 0 spiro atoms. The summed E-state index contributed by atoms with van der Waals surface area (Å²) in [4.78, 5) is 13.6. The highest BCUT2D eigenvalue weighted by Gasteiger charge is 2.17. The van der Waals surface area contributed by atoms with Gasteiger partial charge in [0, 0.05) is 30.4 Å². The van der Waals surface area contributed by atoms with E-state index >= 15 is 0 Å². The van der Waals surface area contributed by atoms with Gasteiger partial charge in [-0.2, -0.15) is 0 Å². The molecular weight excluding hydrogens is 233 g/mol. The van der Waals surface area contributed by atoms with Crippen LogP contribution in [0.4, 0.5) is 10.1 Å². The Morgan fingerprint density at radius 3 is 2.61 bits per heavy atom.